The lowest BCUT2D eigenvalue weighted by Crippen LogP contribution is -2.13. The fourth-order valence-corrected chi connectivity index (χ4v) is 3.37. The monoisotopic (exact) mass is 307 g/mol. The van der Waals surface area contributed by atoms with Gasteiger partial charge in [-0.3, -0.25) is 9.82 Å². The van der Waals surface area contributed by atoms with Crippen LogP contribution in [-0.4, -0.2) is 24.7 Å². The van der Waals surface area contributed by atoms with Crippen LogP contribution in [0.2, 0.25) is 0 Å². The molecule has 7 heteroatoms. The molecular formula is C14H17N3O3S. The van der Waals surface area contributed by atoms with Crippen LogP contribution in [0.4, 0.5) is 5.69 Å². The van der Waals surface area contributed by atoms with Crippen molar-refractivity contribution in [2.24, 2.45) is 0 Å². The van der Waals surface area contributed by atoms with E-state index in [0.717, 1.165) is 18.6 Å². The third-order valence-electron chi connectivity index (χ3n) is 3.48. The minimum absolute atomic E-state index is 0.0359. The zero-order valence-corrected chi connectivity index (χ0v) is 12.3. The maximum Gasteiger partial charge on any atom is 0.278 e. The predicted molar refractivity (Wildman–Crippen MR) is 78.7 cm³/mol. The molecule has 1 saturated carbocycles. The van der Waals surface area contributed by atoms with Crippen LogP contribution in [-0.2, 0) is 10.0 Å². The van der Waals surface area contributed by atoms with Crippen LogP contribution < -0.4 is 9.46 Å². The average Bonchev–Trinajstić information content (AvgIpc) is 3.13. The van der Waals surface area contributed by atoms with Crippen molar-refractivity contribution in [1.29, 1.82) is 0 Å². The Morgan fingerprint density at radius 3 is 2.48 bits per heavy atom. The number of nitrogens with zero attached hydrogens (tertiary/aromatic N) is 1. The number of rotatable bonds is 5. The van der Waals surface area contributed by atoms with E-state index >= 15 is 0 Å². The lowest BCUT2D eigenvalue weighted by molar-refractivity contribution is 0.210. The van der Waals surface area contributed by atoms with E-state index in [-0.39, 0.29) is 11.1 Å². The molecule has 0 radical (unpaired) electrons. The third kappa shape index (κ3) is 3.36. The number of hydrogen-bond acceptors (Lipinski definition) is 4. The lowest BCUT2D eigenvalue weighted by atomic mass is 10.3. The highest BCUT2D eigenvalue weighted by Crippen LogP contribution is 2.25. The van der Waals surface area contributed by atoms with E-state index in [4.69, 9.17) is 4.74 Å². The molecule has 21 heavy (non-hydrogen) atoms. The van der Waals surface area contributed by atoms with Gasteiger partial charge in [-0.15, -0.1) is 0 Å². The van der Waals surface area contributed by atoms with Crippen LogP contribution in [0.25, 0.3) is 0 Å². The number of hydrogen-bond donors (Lipinski definition) is 2. The average molecular weight is 307 g/mol. The quantitative estimate of drug-likeness (QED) is 0.889. The van der Waals surface area contributed by atoms with E-state index in [1.165, 1.54) is 25.1 Å². The first-order valence-electron chi connectivity index (χ1n) is 6.92. The van der Waals surface area contributed by atoms with Crippen molar-refractivity contribution < 1.29 is 13.2 Å². The van der Waals surface area contributed by atoms with Crippen LogP contribution in [0.15, 0.2) is 41.6 Å². The molecule has 0 spiro atoms. The third-order valence-corrected chi connectivity index (χ3v) is 4.79. The van der Waals surface area contributed by atoms with Crippen LogP contribution in [0, 0.1) is 0 Å². The summed E-state index contributed by atoms with van der Waals surface area (Å²) in [5, 5.41) is 6.11. The van der Waals surface area contributed by atoms with Gasteiger partial charge in [-0.1, -0.05) is 0 Å². The molecule has 3 rings (SSSR count). The summed E-state index contributed by atoms with van der Waals surface area (Å²) >= 11 is 0. The van der Waals surface area contributed by atoms with Gasteiger partial charge in [-0.2, -0.15) is 13.5 Å². The maximum absolute atomic E-state index is 12.0. The molecule has 2 N–H and O–H groups in total. The summed E-state index contributed by atoms with van der Waals surface area (Å²) in [5.41, 5.74) is 0.489. The highest BCUT2D eigenvalue weighted by atomic mass is 32.2. The summed E-state index contributed by atoms with van der Waals surface area (Å²) in [6, 6.07) is 8.35. The molecule has 2 aromatic rings. The Labute approximate surface area is 123 Å². The van der Waals surface area contributed by atoms with Crippen molar-refractivity contribution in [1.82, 2.24) is 10.2 Å². The zero-order chi connectivity index (χ0) is 14.7. The van der Waals surface area contributed by atoms with E-state index < -0.39 is 10.0 Å². The molecular weight excluding hydrogens is 290 g/mol. The molecule has 0 aliphatic heterocycles. The minimum atomic E-state index is -3.61. The largest absolute Gasteiger partial charge is 0.490 e. The molecule has 1 fully saturated rings. The van der Waals surface area contributed by atoms with Crippen molar-refractivity contribution in [3.63, 3.8) is 0 Å². The summed E-state index contributed by atoms with van der Waals surface area (Å²) in [4.78, 5) is 0. The van der Waals surface area contributed by atoms with E-state index in [0.29, 0.717) is 5.69 Å². The topological polar surface area (TPSA) is 84.1 Å². The van der Waals surface area contributed by atoms with Gasteiger partial charge >= 0.3 is 0 Å². The van der Waals surface area contributed by atoms with Crippen LogP contribution >= 0.6 is 0 Å². The van der Waals surface area contributed by atoms with Crippen LogP contribution in [0.1, 0.15) is 25.7 Å². The summed E-state index contributed by atoms with van der Waals surface area (Å²) in [7, 11) is -3.61. The number of sulfonamides is 1. The van der Waals surface area contributed by atoms with E-state index in [1.54, 1.807) is 24.3 Å². The summed E-state index contributed by atoms with van der Waals surface area (Å²) in [6.45, 7) is 0. The first-order valence-corrected chi connectivity index (χ1v) is 8.41. The Bertz CT molecular complexity index is 675. The molecule has 0 unspecified atom stereocenters. The second-order valence-corrected chi connectivity index (χ2v) is 6.73. The molecule has 1 aliphatic carbocycles. The van der Waals surface area contributed by atoms with Gasteiger partial charge in [0.2, 0.25) is 0 Å². The highest BCUT2D eigenvalue weighted by molar-refractivity contribution is 7.92. The van der Waals surface area contributed by atoms with E-state index in [1.807, 2.05) is 0 Å². The number of ether oxygens (including phenoxy) is 1. The van der Waals surface area contributed by atoms with Crippen molar-refractivity contribution >= 4 is 15.7 Å². The number of aromatic nitrogens is 2. The van der Waals surface area contributed by atoms with Gasteiger partial charge in [0.1, 0.15) is 5.75 Å². The molecule has 112 valence electrons. The van der Waals surface area contributed by atoms with Crippen molar-refractivity contribution in [2.75, 3.05) is 4.72 Å². The Kier molecular flexibility index (Phi) is 3.83. The lowest BCUT2D eigenvalue weighted by Gasteiger charge is -2.13. The number of H-pyrrole nitrogens is 1. The van der Waals surface area contributed by atoms with Gasteiger partial charge in [0.15, 0.2) is 5.03 Å². The fraction of sp³-hybridized carbons (Fsp3) is 0.357. The number of benzene rings is 1. The molecule has 1 aliphatic rings. The first kappa shape index (κ1) is 13.9. The molecule has 0 bridgehead atoms. The van der Waals surface area contributed by atoms with Gasteiger partial charge in [0.05, 0.1) is 12.3 Å². The Balaban J connectivity index is 1.67. The minimum Gasteiger partial charge on any atom is -0.490 e. The van der Waals surface area contributed by atoms with Gasteiger partial charge in [-0.05, 0) is 56.0 Å². The first-order chi connectivity index (χ1) is 10.1. The van der Waals surface area contributed by atoms with Crippen LogP contribution in [0.3, 0.4) is 0 Å². The van der Waals surface area contributed by atoms with Gasteiger partial charge in [-0.25, -0.2) is 0 Å². The molecule has 1 heterocycles. The van der Waals surface area contributed by atoms with Gasteiger partial charge in [0, 0.05) is 5.69 Å². The molecule has 0 atom stereocenters. The fourth-order valence-electron chi connectivity index (χ4n) is 2.40. The zero-order valence-electron chi connectivity index (χ0n) is 11.5. The molecule has 0 saturated heterocycles. The number of nitrogens with one attached hydrogen (secondary N) is 2. The van der Waals surface area contributed by atoms with Gasteiger partial charge < -0.3 is 4.74 Å². The maximum atomic E-state index is 12.0. The van der Waals surface area contributed by atoms with Crippen molar-refractivity contribution in [2.45, 2.75) is 36.8 Å². The second kappa shape index (κ2) is 5.77. The molecule has 0 amide bonds. The van der Waals surface area contributed by atoms with Crippen molar-refractivity contribution in [3.05, 3.63) is 36.5 Å². The standard InChI is InChI=1S/C14H17N3O3S/c18-21(19,14-9-10-15-16-14)17-11-5-7-13(8-6-11)20-12-3-1-2-4-12/h5-10,12,17H,1-4H2,(H,15,16). The van der Waals surface area contributed by atoms with E-state index in [2.05, 4.69) is 14.9 Å². The number of aromatic amines is 1. The normalized spacial score (nSPS) is 16.0. The highest BCUT2D eigenvalue weighted by Gasteiger charge is 2.17. The Morgan fingerprint density at radius 2 is 1.86 bits per heavy atom. The second-order valence-electron chi connectivity index (χ2n) is 5.08. The van der Waals surface area contributed by atoms with Crippen LogP contribution in [0.5, 0.6) is 5.75 Å². The summed E-state index contributed by atoms with van der Waals surface area (Å²) < 4.78 is 32.4. The van der Waals surface area contributed by atoms with Crippen molar-refractivity contribution in [3.8, 4) is 5.75 Å². The molecule has 1 aromatic heterocycles. The SMILES string of the molecule is O=S(=O)(Nc1ccc(OC2CCCC2)cc1)c1ccn[nH]1. The smallest absolute Gasteiger partial charge is 0.278 e. The van der Waals surface area contributed by atoms with Gasteiger partial charge in [0.25, 0.3) is 10.0 Å². The summed E-state index contributed by atoms with van der Waals surface area (Å²) in [6.07, 6.45) is 6.30. The summed E-state index contributed by atoms with van der Waals surface area (Å²) in [5.74, 6) is 0.770. The predicted octanol–water partition coefficient (Wildman–Crippen LogP) is 2.53. The molecule has 6 nitrogen and oxygen atoms in total. The Hall–Kier alpha value is -2.02. The van der Waals surface area contributed by atoms with E-state index in [9.17, 15) is 8.42 Å². The Morgan fingerprint density at radius 1 is 1.14 bits per heavy atom. The number of anilines is 1. The molecule has 1 aromatic carbocycles.